The topological polar surface area (TPSA) is 78.1 Å². The van der Waals surface area contributed by atoms with Gasteiger partial charge in [0, 0.05) is 37.7 Å². The zero-order chi connectivity index (χ0) is 26.9. The molecule has 0 spiro atoms. The van der Waals surface area contributed by atoms with Crippen LogP contribution in [0, 0.1) is 0 Å². The van der Waals surface area contributed by atoms with Gasteiger partial charge in [-0.15, -0.1) is 5.10 Å². The van der Waals surface area contributed by atoms with Crippen molar-refractivity contribution < 1.29 is 9.53 Å². The molecule has 2 aromatic carbocycles. The normalized spacial score (nSPS) is 22.0. The first-order valence-corrected chi connectivity index (χ1v) is 14.0. The number of rotatable bonds is 8. The second-order valence-corrected chi connectivity index (χ2v) is 10.9. The van der Waals surface area contributed by atoms with Crippen LogP contribution in [0.3, 0.4) is 0 Å². The fraction of sp³-hybridized carbons (Fsp3) is 0.419. The average molecular weight is 525 g/mol. The van der Waals surface area contributed by atoms with Crippen molar-refractivity contribution in [2.45, 2.75) is 56.9 Å². The zero-order valence-corrected chi connectivity index (χ0v) is 22.9. The molecule has 0 amide bonds. The van der Waals surface area contributed by atoms with Crippen LogP contribution in [0.4, 0.5) is 0 Å². The molecule has 4 aromatic rings. The summed E-state index contributed by atoms with van der Waals surface area (Å²) in [7, 11) is 1.88. The number of esters is 1. The highest BCUT2D eigenvalue weighted by atomic mass is 16.5. The standard InChI is InChI=1S/C31H36N6O2/c1-4-39-31(38)28-18-32-37(30(28)27-17-26(27)29-20-35(3)34-33-29)25-14-8-12-23(16-25)24-13-9-15-36(19-24)21(2)22-10-6-5-7-11-22/h5-8,10-12,14,16,18,20-21,24,26-27H,4,9,13,15,17,19H2,1-3H3/t21?,24?,26-,27-/m1/s1. The van der Waals surface area contributed by atoms with Gasteiger partial charge in [0.05, 0.1) is 29.9 Å². The minimum atomic E-state index is -0.322. The summed E-state index contributed by atoms with van der Waals surface area (Å²) in [4.78, 5) is 15.5. The van der Waals surface area contributed by atoms with Crippen molar-refractivity contribution in [3.8, 4) is 5.69 Å². The van der Waals surface area contributed by atoms with Gasteiger partial charge in [0.1, 0.15) is 5.56 Å². The molecule has 6 rings (SSSR count). The number of ether oxygens (including phenoxy) is 1. The molecule has 0 bridgehead atoms. The lowest BCUT2D eigenvalue weighted by atomic mass is 9.89. The molecule has 0 N–H and O–H groups in total. The van der Waals surface area contributed by atoms with Gasteiger partial charge in [-0.3, -0.25) is 9.58 Å². The third-order valence-electron chi connectivity index (χ3n) is 8.31. The zero-order valence-electron chi connectivity index (χ0n) is 22.9. The van der Waals surface area contributed by atoms with Gasteiger partial charge in [0.2, 0.25) is 0 Å². The van der Waals surface area contributed by atoms with E-state index in [1.165, 1.54) is 24.0 Å². The predicted octanol–water partition coefficient (Wildman–Crippen LogP) is 5.39. The van der Waals surface area contributed by atoms with E-state index in [4.69, 9.17) is 9.84 Å². The van der Waals surface area contributed by atoms with Gasteiger partial charge in [-0.2, -0.15) is 5.10 Å². The number of aryl methyl sites for hydroxylation is 1. The highest BCUT2D eigenvalue weighted by molar-refractivity contribution is 5.91. The third kappa shape index (κ3) is 5.13. The smallest absolute Gasteiger partial charge is 0.341 e. The highest BCUT2D eigenvalue weighted by Crippen LogP contribution is 2.55. The molecule has 2 unspecified atom stereocenters. The third-order valence-corrected chi connectivity index (χ3v) is 8.31. The van der Waals surface area contributed by atoms with Gasteiger partial charge in [-0.1, -0.05) is 47.7 Å². The van der Waals surface area contributed by atoms with Crippen LogP contribution in [0.5, 0.6) is 0 Å². The van der Waals surface area contributed by atoms with Crippen molar-refractivity contribution in [1.82, 2.24) is 29.7 Å². The van der Waals surface area contributed by atoms with Gasteiger partial charge >= 0.3 is 5.97 Å². The molecule has 39 heavy (non-hydrogen) atoms. The number of likely N-dealkylation sites (tertiary alicyclic amines) is 1. The van der Waals surface area contributed by atoms with Crippen molar-refractivity contribution in [3.63, 3.8) is 0 Å². The Morgan fingerprint density at radius 1 is 1.13 bits per heavy atom. The Labute approximate surface area is 229 Å². The molecular formula is C31H36N6O2. The van der Waals surface area contributed by atoms with Crippen molar-refractivity contribution in [3.05, 3.63) is 95.1 Å². The molecule has 2 aliphatic rings. The van der Waals surface area contributed by atoms with Crippen molar-refractivity contribution in [2.75, 3.05) is 19.7 Å². The maximum Gasteiger partial charge on any atom is 0.341 e. The van der Waals surface area contributed by atoms with Gasteiger partial charge in [0.25, 0.3) is 0 Å². The number of carbonyl (C=O) groups excluding carboxylic acids is 1. The van der Waals surface area contributed by atoms with Crippen LogP contribution in [0.15, 0.2) is 67.0 Å². The molecule has 2 fully saturated rings. The summed E-state index contributed by atoms with van der Waals surface area (Å²) in [5, 5.41) is 13.2. The maximum atomic E-state index is 12.9. The SMILES string of the molecule is CCOC(=O)c1cnn(-c2cccc(C3CCCN(C(C)c4ccccc4)C3)c2)c1[C@@H]1C[C@H]1c1cn(C)nn1. The molecule has 202 valence electrons. The van der Waals surface area contributed by atoms with Crippen molar-refractivity contribution in [2.24, 2.45) is 7.05 Å². The van der Waals surface area contributed by atoms with E-state index in [1.54, 1.807) is 10.9 Å². The van der Waals surface area contributed by atoms with Crippen LogP contribution >= 0.6 is 0 Å². The highest BCUT2D eigenvalue weighted by Gasteiger charge is 2.46. The largest absolute Gasteiger partial charge is 0.462 e. The second kappa shape index (κ2) is 10.8. The van der Waals surface area contributed by atoms with Crippen LogP contribution < -0.4 is 0 Å². The molecule has 2 aromatic heterocycles. The van der Waals surface area contributed by atoms with Crippen LogP contribution in [-0.4, -0.2) is 55.3 Å². The van der Waals surface area contributed by atoms with E-state index < -0.39 is 0 Å². The summed E-state index contributed by atoms with van der Waals surface area (Å²) in [6, 6.07) is 19.9. The summed E-state index contributed by atoms with van der Waals surface area (Å²) in [5.41, 5.74) is 6.06. The van der Waals surface area contributed by atoms with Gasteiger partial charge < -0.3 is 4.74 Å². The Morgan fingerprint density at radius 3 is 2.74 bits per heavy atom. The number of benzene rings is 2. The van der Waals surface area contributed by atoms with Crippen LogP contribution in [-0.2, 0) is 11.8 Å². The number of aromatic nitrogens is 5. The summed E-state index contributed by atoms with van der Waals surface area (Å²) in [6.07, 6.45) is 6.87. The van der Waals surface area contributed by atoms with E-state index in [0.29, 0.717) is 24.1 Å². The van der Waals surface area contributed by atoms with E-state index in [0.717, 1.165) is 36.6 Å². The average Bonchev–Trinajstić information content (AvgIpc) is 3.42. The van der Waals surface area contributed by atoms with Gasteiger partial charge in [-0.05, 0) is 68.8 Å². The van der Waals surface area contributed by atoms with Gasteiger partial charge in [-0.25, -0.2) is 9.48 Å². The molecular weight excluding hydrogens is 488 g/mol. The molecule has 8 nitrogen and oxygen atoms in total. The fourth-order valence-electron chi connectivity index (χ4n) is 6.13. The van der Waals surface area contributed by atoms with Crippen LogP contribution in [0.1, 0.15) is 89.8 Å². The van der Waals surface area contributed by atoms with E-state index in [2.05, 4.69) is 76.7 Å². The Bertz CT molecular complexity index is 1440. The first kappa shape index (κ1) is 25.5. The molecule has 1 saturated heterocycles. The van der Waals surface area contributed by atoms with Crippen molar-refractivity contribution in [1.29, 1.82) is 0 Å². The number of carbonyl (C=O) groups is 1. The minimum absolute atomic E-state index is 0.143. The van der Waals surface area contributed by atoms with Crippen molar-refractivity contribution >= 4 is 5.97 Å². The monoisotopic (exact) mass is 524 g/mol. The number of nitrogens with zero attached hydrogens (tertiary/aromatic N) is 6. The molecule has 1 aliphatic heterocycles. The molecule has 1 aliphatic carbocycles. The molecule has 1 saturated carbocycles. The quantitative estimate of drug-likeness (QED) is 0.288. The van der Waals surface area contributed by atoms with Crippen LogP contribution in [0.25, 0.3) is 5.69 Å². The molecule has 8 heteroatoms. The number of piperidine rings is 1. The number of hydrogen-bond acceptors (Lipinski definition) is 6. The predicted molar refractivity (Wildman–Crippen MR) is 149 cm³/mol. The van der Waals surface area contributed by atoms with E-state index in [-0.39, 0.29) is 17.8 Å². The lowest BCUT2D eigenvalue weighted by Gasteiger charge is -2.37. The van der Waals surface area contributed by atoms with Gasteiger partial charge in [0.15, 0.2) is 0 Å². The Hall–Kier alpha value is -3.78. The Balaban J connectivity index is 1.28. The fourth-order valence-corrected chi connectivity index (χ4v) is 6.13. The summed E-state index contributed by atoms with van der Waals surface area (Å²) < 4.78 is 9.07. The first-order chi connectivity index (χ1) is 19.0. The Kier molecular flexibility index (Phi) is 7.04. The summed E-state index contributed by atoms with van der Waals surface area (Å²) in [6.45, 7) is 6.61. The lowest BCUT2D eigenvalue weighted by molar-refractivity contribution is 0.0525. The summed E-state index contributed by atoms with van der Waals surface area (Å²) in [5.74, 6) is 0.486. The summed E-state index contributed by atoms with van der Waals surface area (Å²) >= 11 is 0. The van der Waals surface area contributed by atoms with E-state index >= 15 is 0 Å². The Morgan fingerprint density at radius 2 is 1.97 bits per heavy atom. The van der Waals surface area contributed by atoms with E-state index in [1.807, 2.05) is 24.9 Å². The molecule has 3 heterocycles. The van der Waals surface area contributed by atoms with Crippen LogP contribution in [0.2, 0.25) is 0 Å². The molecule has 4 atom stereocenters. The molecule has 0 radical (unpaired) electrons. The second-order valence-electron chi connectivity index (χ2n) is 10.9. The lowest BCUT2D eigenvalue weighted by Crippen LogP contribution is -2.36. The number of hydrogen-bond donors (Lipinski definition) is 0. The maximum absolute atomic E-state index is 12.9. The first-order valence-electron chi connectivity index (χ1n) is 14.0. The minimum Gasteiger partial charge on any atom is -0.462 e. The van der Waals surface area contributed by atoms with E-state index in [9.17, 15) is 4.79 Å².